The molecule has 1 amide bonds. The minimum atomic E-state index is -0.491. The maximum atomic E-state index is 12.3. The van der Waals surface area contributed by atoms with Gasteiger partial charge in [-0.3, -0.25) is 14.9 Å². The predicted molar refractivity (Wildman–Crippen MR) is 84.3 cm³/mol. The third-order valence-corrected chi connectivity index (χ3v) is 4.95. The molecule has 0 aliphatic heterocycles. The highest BCUT2D eigenvalue weighted by molar-refractivity contribution is 9.10. The zero-order valence-corrected chi connectivity index (χ0v) is 13.6. The Morgan fingerprint density at radius 2 is 2.24 bits per heavy atom. The fraction of sp³-hybridized carbons (Fsp3) is 0.533. The molecule has 21 heavy (non-hydrogen) atoms. The van der Waals surface area contributed by atoms with Crippen LogP contribution in [0.3, 0.4) is 0 Å². The van der Waals surface area contributed by atoms with Gasteiger partial charge in [-0.15, -0.1) is 0 Å². The number of carbonyl (C=O) groups excluding carboxylic acids is 1. The molecule has 1 aromatic rings. The van der Waals surface area contributed by atoms with Crippen molar-refractivity contribution in [1.29, 1.82) is 0 Å². The number of nitrogens with zero attached hydrogens (tertiary/aromatic N) is 1. The van der Waals surface area contributed by atoms with E-state index in [9.17, 15) is 14.9 Å². The third-order valence-electron chi connectivity index (χ3n) is 4.12. The van der Waals surface area contributed by atoms with Gasteiger partial charge in [-0.2, -0.15) is 0 Å². The van der Waals surface area contributed by atoms with Gasteiger partial charge in [0.05, 0.1) is 10.5 Å². The number of amides is 1. The number of nitro groups is 1. The van der Waals surface area contributed by atoms with E-state index in [0.717, 1.165) is 25.7 Å². The number of benzene rings is 1. The second-order valence-electron chi connectivity index (χ2n) is 5.51. The predicted octanol–water partition coefficient (Wildman–Crippen LogP) is 4.06. The molecule has 1 N–H and O–H groups in total. The number of nitrogens with one attached hydrogen (secondary N) is 1. The molecule has 2 atom stereocenters. The lowest BCUT2D eigenvalue weighted by molar-refractivity contribution is -0.385. The molecule has 114 valence electrons. The van der Waals surface area contributed by atoms with E-state index in [2.05, 4.69) is 28.2 Å². The first-order valence-electron chi connectivity index (χ1n) is 7.26. The van der Waals surface area contributed by atoms with Gasteiger partial charge < -0.3 is 5.32 Å². The lowest BCUT2D eigenvalue weighted by Crippen LogP contribution is -2.38. The van der Waals surface area contributed by atoms with E-state index in [1.807, 2.05) is 0 Å². The molecule has 0 aromatic heterocycles. The van der Waals surface area contributed by atoms with Crippen LogP contribution in [0, 0.1) is 16.0 Å². The van der Waals surface area contributed by atoms with Crippen LogP contribution in [0.25, 0.3) is 0 Å². The van der Waals surface area contributed by atoms with E-state index >= 15 is 0 Å². The van der Waals surface area contributed by atoms with E-state index in [-0.39, 0.29) is 22.1 Å². The van der Waals surface area contributed by atoms with Crippen LogP contribution in [0.4, 0.5) is 5.69 Å². The zero-order valence-electron chi connectivity index (χ0n) is 12.0. The first kappa shape index (κ1) is 15.9. The van der Waals surface area contributed by atoms with E-state index in [1.165, 1.54) is 18.6 Å². The summed E-state index contributed by atoms with van der Waals surface area (Å²) >= 11 is 3.17. The Hall–Kier alpha value is -1.43. The van der Waals surface area contributed by atoms with E-state index in [1.54, 1.807) is 6.07 Å². The average molecular weight is 355 g/mol. The van der Waals surface area contributed by atoms with Crippen molar-refractivity contribution in [1.82, 2.24) is 5.32 Å². The Labute approximate surface area is 132 Å². The quantitative estimate of drug-likeness (QED) is 0.654. The summed E-state index contributed by atoms with van der Waals surface area (Å²) in [7, 11) is 0. The van der Waals surface area contributed by atoms with Crippen LogP contribution in [-0.2, 0) is 0 Å². The van der Waals surface area contributed by atoms with Gasteiger partial charge in [-0.05, 0) is 40.8 Å². The molecule has 2 unspecified atom stereocenters. The average Bonchev–Trinajstić information content (AvgIpc) is 2.47. The Morgan fingerprint density at radius 1 is 1.48 bits per heavy atom. The summed E-state index contributed by atoms with van der Waals surface area (Å²) < 4.78 is 0.246. The third kappa shape index (κ3) is 3.81. The second-order valence-corrected chi connectivity index (χ2v) is 6.30. The smallest absolute Gasteiger partial charge is 0.284 e. The lowest BCUT2D eigenvalue weighted by atomic mass is 9.84. The number of halogens is 1. The van der Waals surface area contributed by atoms with Crippen LogP contribution in [0.2, 0.25) is 0 Å². The lowest BCUT2D eigenvalue weighted by Gasteiger charge is -2.29. The fourth-order valence-electron chi connectivity index (χ4n) is 2.89. The van der Waals surface area contributed by atoms with Gasteiger partial charge in [0.1, 0.15) is 4.47 Å². The highest BCUT2D eigenvalue weighted by Crippen LogP contribution is 2.30. The summed E-state index contributed by atoms with van der Waals surface area (Å²) in [5.74, 6) is 0.421. The van der Waals surface area contributed by atoms with Crippen molar-refractivity contribution in [2.24, 2.45) is 5.92 Å². The topological polar surface area (TPSA) is 72.2 Å². The number of rotatable bonds is 4. The highest BCUT2D eigenvalue weighted by atomic mass is 79.9. The van der Waals surface area contributed by atoms with E-state index in [4.69, 9.17) is 0 Å². The maximum absolute atomic E-state index is 12.3. The number of hydrogen-bond acceptors (Lipinski definition) is 3. The molecule has 6 heteroatoms. The molecule has 0 radical (unpaired) electrons. The summed E-state index contributed by atoms with van der Waals surface area (Å²) in [6.07, 6.45) is 5.46. The summed E-state index contributed by atoms with van der Waals surface area (Å²) in [5.41, 5.74) is 0.237. The normalized spacial score (nSPS) is 21.8. The molecule has 2 rings (SSSR count). The number of hydrogen-bond donors (Lipinski definition) is 1. The van der Waals surface area contributed by atoms with Gasteiger partial charge in [-0.1, -0.05) is 32.3 Å². The summed E-state index contributed by atoms with van der Waals surface area (Å²) in [6.45, 7) is 2.17. The van der Waals surface area contributed by atoms with Crippen molar-refractivity contribution in [2.75, 3.05) is 0 Å². The van der Waals surface area contributed by atoms with Crippen molar-refractivity contribution >= 4 is 27.5 Å². The van der Waals surface area contributed by atoms with E-state index < -0.39 is 4.92 Å². The Bertz CT molecular complexity index is 548. The molecule has 0 saturated heterocycles. The summed E-state index contributed by atoms with van der Waals surface area (Å²) in [5, 5.41) is 13.9. The largest absolute Gasteiger partial charge is 0.349 e. The minimum Gasteiger partial charge on any atom is -0.349 e. The first-order valence-corrected chi connectivity index (χ1v) is 8.06. The Morgan fingerprint density at radius 3 is 2.90 bits per heavy atom. The standard InChI is InChI=1S/C15H19BrN2O3/c1-2-10-5-3-6-11(9-10)17-15(19)12-7-4-8-13(14(12)16)18(20)21/h4,7-8,10-11H,2-3,5-6,9H2,1H3,(H,17,19). The summed E-state index contributed by atoms with van der Waals surface area (Å²) in [6, 6.07) is 4.69. The van der Waals surface area contributed by atoms with Crippen molar-refractivity contribution in [3.8, 4) is 0 Å². The monoisotopic (exact) mass is 354 g/mol. The van der Waals surface area contributed by atoms with Crippen LogP contribution in [0.1, 0.15) is 49.4 Å². The number of carbonyl (C=O) groups is 1. The number of nitro benzene ring substituents is 1. The fourth-order valence-corrected chi connectivity index (χ4v) is 3.48. The van der Waals surface area contributed by atoms with Gasteiger partial charge in [-0.25, -0.2) is 0 Å². The van der Waals surface area contributed by atoms with Crippen LogP contribution in [0.15, 0.2) is 22.7 Å². The van der Waals surface area contributed by atoms with Crippen molar-refractivity contribution in [3.63, 3.8) is 0 Å². The van der Waals surface area contributed by atoms with Crippen LogP contribution >= 0.6 is 15.9 Å². The summed E-state index contributed by atoms with van der Waals surface area (Å²) in [4.78, 5) is 22.8. The van der Waals surface area contributed by atoms with Crippen molar-refractivity contribution < 1.29 is 9.72 Å². The second kappa shape index (κ2) is 7.02. The Kier molecular flexibility index (Phi) is 5.33. The molecule has 1 aliphatic rings. The molecular weight excluding hydrogens is 336 g/mol. The SMILES string of the molecule is CCC1CCCC(NC(=O)c2cccc([N+](=O)[O-])c2Br)C1. The van der Waals surface area contributed by atoms with Crippen molar-refractivity contribution in [2.45, 2.75) is 45.1 Å². The maximum Gasteiger partial charge on any atom is 0.284 e. The van der Waals surface area contributed by atoms with Crippen LogP contribution in [0.5, 0.6) is 0 Å². The van der Waals surface area contributed by atoms with E-state index in [0.29, 0.717) is 11.5 Å². The molecule has 1 aliphatic carbocycles. The van der Waals surface area contributed by atoms with Crippen LogP contribution < -0.4 is 5.32 Å². The van der Waals surface area contributed by atoms with Gasteiger partial charge in [0.15, 0.2) is 0 Å². The molecule has 1 saturated carbocycles. The molecule has 0 heterocycles. The van der Waals surface area contributed by atoms with Gasteiger partial charge in [0.2, 0.25) is 0 Å². The molecule has 1 aromatic carbocycles. The Balaban J connectivity index is 2.10. The highest BCUT2D eigenvalue weighted by Gasteiger charge is 2.25. The van der Waals surface area contributed by atoms with Gasteiger partial charge >= 0.3 is 0 Å². The molecule has 0 spiro atoms. The first-order chi connectivity index (χ1) is 10.0. The molecule has 5 nitrogen and oxygen atoms in total. The molecule has 0 bridgehead atoms. The zero-order chi connectivity index (χ0) is 15.4. The van der Waals surface area contributed by atoms with Gasteiger partial charge in [0, 0.05) is 12.1 Å². The minimum absolute atomic E-state index is 0.0854. The molecule has 1 fully saturated rings. The molecular formula is C15H19BrN2O3. The van der Waals surface area contributed by atoms with Crippen LogP contribution in [-0.4, -0.2) is 16.9 Å². The van der Waals surface area contributed by atoms with Gasteiger partial charge in [0.25, 0.3) is 11.6 Å². The van der Waals surface area contributed by atoms with Crippen molar-refractivity contribution in [3.05, 3.63) is 38.3 Å².